The highest BCUT2D eigenvalue weighted by atomic mass is 16.5. The summed E-state index contributed by atoms with van der Waals surface area (Å²) in [4.78, 5) is 2.39. The van der Waals surface area contributed by atoms with Gasteiger partial charge in [0.2, 0.25) is 0 Å². The van der Waals surface area contributed by atoms with Gasteiger partial charge in [-0.05, 0) is 26.0 Å². The summed E-state index contributed by atoms with van der Waals surface area (Å²) in [6, 6.07) is 14.7. The van der Waals surface area contributed by atoms with E-state index >= 15 is 0 Å². The maximum absolute atomic E-state index is 9.25. The minimum absolute atomic E-state index is 0.237. The lowest BCUT2D eigenvalue weighted by molar-refractivity contribution is 0.0345. The topological polar surface area (TPSA) is 36.3 Å². The molecule has 0 saturated carbocycles. The first-order chi connectivity index (χ1) is 9.70. The summed E-state index contributed by atoms with van der Waals surface area (Å²) in [7, 11) is 0. The summed E-state index contributed by atoms with van der Waals surface area (Å²) in [6.07, 6.45) is 0.237. The van der Waals surface area contributed by atoms with Gasteiger partial charge in [0.05, 0.1) is 24.3 Å². The van der Waals surface area contributed by atoms with E-state index in [1.54, 1.807) is 0 Å². The Morgan fingerprint density at radius 2 is 1.90 bits per heavy atom. The molecule has 3 nitrogen and oxygen atoms in total. The van der Waals surface area contributed by atoms with Crippen LogP contribution in [0.2, 0.25) is 0 Å². The average molecular weight is 266 g/mol. The second kappa shape index (κ2) is 5.15. The second-order valence-corrected chi connectivity index (χ2v) is 5.43. The molecule has 3 rings (SSSR count). The van der Waals surface area contributed by atoms with Gasteiger partial charge in [-0.15, -0.1) is 0 Å². The summed E-state index contributed by atoms with van der Waals surface area (Å²) in [5, 5.41) is 11.4. The van der Waals surface area contributed by atoms with Crippen LogP contribution in [0.4, 0.5) is 5.69 Å². The first-order valence-corrected chi connectivity index (χ1v) is 7.01. The number of hydrogen-bond donors (Lipinski definition) is 0. The molecule has 1 saturated heterocycles. The maximum Gasteiger partial charge on any atom is 0.0998 e. The molecule has 20 heavy (non-hydrogen) atoms. The lowest BCUT2D eigenvalue weighted by atomic mass is 10.0. The number of nitrogens with zero attached hydrogens (tertiary/aromatic N) is 2. The molecule has 2 unspecified atom stereocenters. The molecule has 102 valence electrons. The molecule has 0 aliphatic carbocycles. The van der Waals surface area contributed by atoms with Gasteiger partial charge in [0, 0.05) is 29.0 Å². The second-order valence-electron chi connectivity index (χ2n) is 5.43. The van der Waals surface area contributed by atoms with Crippen molar-refractivity contribution in [1.29, 1.82) is 5.26 Å². The van der Waals surface area contributed by atoms with Crippen LogP contribution in [0.25, 0.3) is 10.8 Å². The largest absolute Gasteiger partial charge is 0.375 e. The molecule has 2 atom stereocenters. The summed E-state index contributed by atoms with van der Waals surface area (Å²) in [6.45, 7) is 5.91. The van der Waals surface area contributed by atoms with Crippen molar-refractivity contribution in [2.75, 3.05) is 18.1 Å². The molecule has 1 fully saturated rings. The van der Waals surface area contributed by atoms with Crippen LogP contribution in [0.15, 0.2) is 36.4 Å². The van der Waals surface area contributed by atoms with Crippen LogP contribution >= 0.6 is 0 Å². The van der Waals surface area contributed by atoms with E-state index in [2.05, 4.69) is 36.9 Å². The van der Waals surface area contributed by atoms with E-state index in [4.69, 9.17) is 4.74 Å². The molecular weight excluding hydrogens is 248 g/mol. The molecule has 1 aliphatic rings. The number of fused-ring (bicyclic) bond motifs is 1. The Kier molecular flexibility index (Phi) is 3.33. The molecule has 0 bridgehead atoms. The minimum Gasteiger partial charge on any atom is -0.375 e. The fourth-order valence-electron chi connectivity index (χ4n) is 2.87. The van der Waals surface area contributed by atoms with Crippen LogP contribution in [0.3, 0.4) is 0 Å². The highest BCUT2D eigenvalue weighted by molar-refractivity contribution is 5.98. The molecule has 0 radical (unpaired) electrons. The lowest BCUT2D eigenvalue weighted by Crippen LogP contribution is -2.47. The first-order valence-electron chi connectivity index (χ1n) is 7.01. The quantitative estimate of drug-likeness (QED) is 0.794. The normalized spacial score (nSPS) is 22.8. The summed E-state index contributed by atoms with van der Waals surface area (Å²) < 4.78 is 5.70. The number of anilines is 1. The van der Waals surface area contributed by atoms with Gasteiger partial charge in [-0.1, -0.05) is 24.3 Å². The highest BCUT2D eigenvalue weighted by Gasteiger charge is 2.25. The van der Waals surface area contributed by atoms with Crippen LogP contribution in [-0.4, -0.2) is 25.3 Å². The Morgan fingerprint density at radius 1 is 1.15 bits per heavy atom. The van der Waals surface area contributed by atoms with Gasteiger partial charge >= 0.3 is 0 Å². The van der Waals surface area contributed by atoms with E-state index in [-0.39, 0.29) is 6.10 Å². The van der Waals surface area contributed by atoms with E-state index in [0.29, 0.717) is 6.04 Å². The van der Waals surface area contributed by atoms with Crippen LogP contribution in [0, 0.1) is 11.3 Å². The van der Waals surface area contributed by atoms with Crippen LogP contribution in [-0.2, 0) is 4.74 Å². The Hall–Kier alpha value is -2.05. The highest BCUT2D eigenvalue weighted by Crippen LogP contribution is 2.32. The molecule has 0 amide bonds. The molecule has 0 aromatic heterocycles. The summed E-state index contributed by atoms with van der Waals surface area (Å²) in [5.41, 5.74) is 1.93. The van der Waals surface area contributed by atoms with E-state index in [0.717, 1.165) is 29.5 Å². The predicted octanol–water partition coefficient (Wildman–Crippen LogP) is 3.33. The van der Waals surface area contributed by atoms with Crippen molar-refractivity contribution in [1.82, 2.24) is 0 Å². The van der Waals surface area contributed by atoms with Gasteiger partial charge < -0.3 is 9.64 Å². The van der Waals surface area contributed by atoms with Gasteiger partial charge in [0.25, 0.3) is 0 Å². The Labute approximate surface area is 119 Å². The molecule has 2 aromatic carbocycles. The smallest absolute Gasteiger partial charge is 0.0998 e. The average Bonchev–Trinajstić information content (AvgIpc) is 2.49. The van der Waals surface area contributed by atoms with Gasteiger partial charge in [0.1, 0.15) is 0 Å². The summed E-state index contributed by atoms with van der Waals surface area (Å²) >= 11 is 0. The van der Waals surface area contributed by atoms with Crippen molar-refractivity contribution in [3.05, 3.63) is 42.0 Å². The predicted molar refractivity (Wildman–Crippen MR) is 80.9 cm³/mol. The monoisotopic (exact) mass is 266 g/mol. The van der Waals surface area contributed by atoms with E-state index in [9.17, 15) is 5.26 Å². The molecule has 2 aromatic rings. The fraction of sp³-hybridized carbons (Fsp3) is 0.353. The van der Waals surface area contributed by atoms with Crippen molar-refractivity contribution in [3.8, 4) is 6.07 Å². The van der Waals surface area contributed by atoms with Crippen LogP contribution in [0.1, 0.15) is 19.4 Å². The number of benzene rings is 2. The Balaban J connectivity index is 2.15. The minimum atomic E-state index is 0.237. The van der Waals surface area contributed by atoms with Gasteiger partial charge in [-0.2, -0.15) is 5.26 Å². The third-order valence-electron chi connectivity index (χ3n) is 3.94. The molecule has 0 N–H and O–H groups in total. The van der Waals surface area contributed by atoms with Gasteiger partial charge in [-0.25, -0.2) is 0 Å². The zero-order valence-electron chi connectivity index (χ0n) is 11.8. The van der Waals surface area contributed by atoms with Crippen molar-refractivity contribution < 1.29 is 4.74 Å². The van der Waals surface area contributed by atoms with Crippen LogP contribution < -0.4 is 4.90 Å². The van der Waals surface area contributed by atoms with Gasteiger partial charge in [-0.3, -0.25) is 0 Å². The standard InChI is InChI=1S/C17H18N2O/c1-12-11-20-13(2)10-19(12)17-8-7-14(9-18)15-5-3-4-6-16(15)17/h3-8,12-13H,10-11H2,1-2H3. The number of nitriles is 1. The third-order valence-corrected chi connectivity index (χ3v) is 3.94. The van der Waals surface area contributed by atoms with Crippen molar-refractivity contribution in [3.63, 3.8) is 0 Å². The lowest BCUT2D eigenvalue weighted by Gasteiger charge is -2.39. The number of morpholine rings is 1. The van der Waals surface area contributed by atoms with E-state index in [1.165, 1.54) is 5.69 Å². The Morgan fingerprint density at radius 3 is 2.65 bits per heavy atom. The fourth-order valence-corrected chi connectivity index (χ4v) is 2.87. The number of ether oxygens (including phenoxy) is 1. The molecule has 3 heteroatoms. The SMILES string of the molecule is CC1CN(c2ccc(C#N)c3ccccc23)C(C)CO1. The summed E-state index contributed by atoms with van der Waals surface area (Å²) in [5.74, 6) is 0. The number of rotatable bonds is 1. The first kappa shape index (κ1) is 13.0. The van der Waals surface area contributed by atoms with Crippen molar-refractivity contribution >= 4 is 16.5 Å². The third kappa shape index (κ3) is 2.13. The molecule has 0 spiro atoms. The Bertz CT molecular complexity index is 674. The van der Waals surface area contributed by atoms with E-state index in [1.807, 2.05) is 24.3 Å². The van der Waals surface area contributed by atoms with E-state index < -0.39 is 0 Å². The maximum atomic E-state index is 9.25. The zero-order chi connectivity index (χ0) is 14.1. The van der Waals surface area contributed by atoms with Crippen LogP contribution in [0.5, 0.6) is 0 Å². The van der Waals surface area contributed by atoms with Crippen molar-refractivity contribution in [2.24, 2.45) is 0 Å². The molecule has 1 aliphatic heterocycles. The molecular formula is C17H18N2O. The molecule has 1 heterocycles. The number of hydrogen-bond acceptors (Lipinski definition) is 3. The van der Waals surface area contributed by atoms with Gasteiger partial charge in [0.15, 0.2) is 0 Å². The zero-order valence-corrected chi connectivity index (χ0v) is 11.8. The van der Waals surface area contributed by atoms with Crippen molar-refractivity contribution in [2.45, 2.75) is 26.0 Å².